The Balaban J connectivity index is 1.99. The lowest BCUT2D eigenvalue weighted by molar-refractivity contribution is 0.567. The molecule has 1 unspecified atom stereocenters. The van der Waals surface area contributed by atoms with E-state index in [9.17, 15) is 0 Å². The molecule has 1 aromatic heterocycles. The van der Waals surface area contributed by atoms with Crippen molar-refractivity contribution in [3.63, 3.8) is 0 Å². The van der Waals surface area contributed by atoms with Gasteiger partial charge in [0.2, 0.25) is 5.95 Å². The molecule has 0 bridgehead atoms. The summed E-state index contributed by atoms with van der Waals surface area (Å²) < 4.78 is 3.12. The number of nitrogen functional groups attached to an aromatic ring is 1. The third-order valence-corrected chi connectivity index (χ3v) is 3.99. The van der Waals surface area contributed by atoms with Gasteiger partial charge in [-0.25, -0.2) is 4.98 Å². The minimum atomic E-state index is 0.267. The van der Waals surface area contributed by atoms with Gasteiger partial charge in [0.1, 0.15) is 0 Å². The second kappa shape index (κ2) is 5.29. The Morgan fingerprint density at radius 3 is 2.70 bits per heavy atom. The van der Waals surface area contributed by atoms with Gasteiger partial charge in [0.05, 0.1) is 11.0 Å². The molecule has 2 N–H and O–H groups in total. The molecule has 0 amide bonds. The van der Waals surface area contributed by atoms with Gasteiger partial charge in [-0.2, -0.15) is 0 Å². The highest BCUT2D eigenvalue weighted by Gasteiger charge is 2.14. The Morgan fingerprint density at radius 1 is 1.20 bits per heavy atom. The van der Waals surface area contributed by atoms with Crippen LogP contribution in [0.15, 0.2) is 53.0 Å². The number of hydrogen-bond acceptors (Lipinski definition) is 2. The third-order valence-electron chi connectivity index (χ3n) is 3.49. The summed E-state index contributed by atoms with van der Waals surface area (Å²) in [6.45, 7) is 2.17. The first-order chi connectivity index (χ1) is 9.65. The van der Waals surface area contributed by atoms with E-state index in [1.807, 2.05) is 18.2 Å². The fourth-order valence-corrected chi connectivity index (χ4v) is 2.95. The van der Waals surface area contributed by atoms with Crippen molar-refractivity contribution in [2.24, 2.45) is 0 Å². The molecule has 20 heavy (non-hydrogen) atoms. The second-order valence-corrected chi connectivity index (χ2v) is 5.93. The van der Waals surface area contributed by atoms with Gasteiger partial charge in [0.15, 0.2) is 0 Å². The quantitative estimate of drug-likeness (QED) is 0.783. The maximum Gasteiger partial charge on any atom is 0.201 e. The smallest absolute Gasteiger partial charge is 0.201 e. The van der Waals surface area contributed by atoms with Gasteiger partial charge < -0.3 is 10.3 Å². The number of imidazole rings is 1. The van der Waals surface area contributed by atoms with E-state index in [-0.39, 0.29) is 6.04 Å². The van der Waals surface area contributed by atoms with E-state index >= 15 is 0 Å². The van der Waals surface area contributed by atoms with Crippen LogP contribution < -0.4 is 5.73 Å². The highest BCUT2D eigenvalue weighted by atomic mass is 79.9. The molecule has 0 radical (unpaired) electrons. The zero-order valence-corrected chi connectivity index (χ0v) is 12.8. The predicted molar refractivity (Wildman–Crippen MR) is 86.7 cm³/mol. The van der Waals surface area contributed by atoms with Crippen LogP contribution in [-0.2, 0) is 6.42 Å². The summed E-state index contributed by atoms with van der Waals surface area (Å²) in [6, 6.07) is 16.8. The number of nitrogens with zero attached hydrogens (tertiary/aromatic N) is 2. The molecule has 3 nitrogen and oxygen atoms in total. The molecule has 2 aromatic carbocycles. The van der Waals surface area contributed by atoms with Gasteiger partial charge in [-0.15, -0.1) is 0 Å². The van der Waals surface area contributed by atoms with Gasteiger partial charge in [-0.1, -0.05) is 46.3 Å². The standard InChI is InChI=1S/C16H16BrN3/c1-11(9-12-5-3-2-4-6-12)20-15-8-7-13(17)10-14(15)19-16(20)18/h2-8,10-11H,9H2,1H3,(H2,18,19). The fourth-order valence-electron chi connectivity index (χ4n) is 2.60. The topological polar surface area (TPSA) is 43.8 Å². The molecular formula is C16H16BrN3. The number of fused-ring (bicyclic) bond motifs is 1. The summed E-state index contributed by atoms with van der Waals surface area (Å²) >= 11 is 3.47. The van der Waals surface area contributed by atoms with Crippen molar-refractivity contribution in [1.82, 2.24) is 9.55 Å². The largest absolute Gasteiger partial charge is 0.369 e. The van der Waals surface area contributed by atoms with Gasteiger partial charge in [0, 0.05) is 10.5 Å². The molecule has 0 spiro atoms. The predicted octanol–water partition coefficient (Wildman–Crippen LogP) is 4.18. The maximum atomic E-state index is 6.09. The Kier molecular flexibility index (Phi) is 3.49. The molecule has 4 heteroatoms. The summed E-state index contributed by atoms with van der Waals surface area (Å²) in [5, 5.41) is 0. The van der Waals surface area contributed by atoms with Crippen LogP contribution in [0.25, 0.3) is 11.0 Å². The fraction of sp³-hybridized carbons (Fsp3) is 0.188. The lowest BCUT2D eigenvalue weighted by Gasteiger charge is -2.16. The van der Waals surface area contributed by atoms with E-state index in [1.54, 1.807) is 0 Å². The van der Waals surface area contributed by atoms with E-state index in [0.717, 1.165) is 21.9 Å². The van der Waals surface area contributed by atoms with Crippen LogP contribution in [0.4, 0.5) is 5.95 Å². The van der Waals surface area contributed by atoms with Crippen LogP contribution in [0, 0.1) is 0 Å². The Labute approximate surface area is 126 Å². The molecule has 102 valence electrons. The Hall–Kier alpha value is -1.81. The lowest BCUT2D eigenvalue weighted by Crippen LogP contribution is -2.11. The monoisotopic (exact) mass is 329 g/mol. The Bertz CT molecular complexity index is 734. The summed E-state index contributed by atoms with van der Waals surface area (Å²) in [7, 11) is 0. The average Bonchev–Trinajstić information content (AvgIpc) is 2.74. The molecule has 0 fully saturated rings. The van der Waals surface area contributed by atoms with Crippen LogP contribution in [0.3, 0.4) is 0 Å². The minimum Gasteiger partial charge on any atom is -0.369 e. The van der Waals surface area contributed by atoms with Crippen molar-refractivity contribution in [1.29, 1.82) is 0 Å². The molecule has 1 atom stereocenters. The lowest BCUT2D eigenvalue weighted by atomic mass is 10.1. The van der Waals surface area contributed by atoms with Crippen LogP contribution in [0.5, 0.6) is 0 Å². The van der Waals surface area contributed by atoms with E-state index < -0.39 is 0 Å². The normalized spacial score (nSPS) is 12.7. The first-order valence-electron chi connectivity index (χ1n) is 6.62. The van der Waals surface area contributed by atoms with Gasteiger partial charge in [-0.3, -0.25) is 0 Å². The van der Waals surface area contributed by atoms with Gasteiger partial charge >= 0.3 is 0 Å². The van der Waals surface area contributed by atoms with E-state index in [2.05, 4.69) is 62.7 Å². The number of anilines is 1. The van der Waals surface area contributed by atoms with E-state index in [4.69, 9.17) is 5.73 Å². The third kappa shape index (κ3) is 2.43. The Morgan fingerprint density at radius 2 is 1.95 bits per heavy atom. The zero-order chi connectivity index (χ0) is 14.1. The highest BCUT2D eigenvalue weighted by Crippen LogP contribution is 2.27. The van der Waals surface area contributed by atoms with Gasteiger partial charge in [0.25, 0.3) is 0 Å². The number of hydrogen-bond donors (Lipinski definition) is 1. The summed E-state index contributed by atoms with van der Waals surface area (Å²) in [4.78, 5) is 4.45. The molecule has 1 heterocycles. The summed E-state index contributed by atoms with van der Waals surface area (Å²) in [6.07, 6.45) is 0.937. The first kappa shape index (κ1) is 13.2. The molecule has 0 saturated heterocycles. The number of benzene rings is 2. The van der Waals surface area contributed by atoms with Crippen molar-refractivity contribution in [3.8, 4) is 0 Å². The molecule has 3 aromatic rings. The number of rotatable bonds is 3. The number of aromatic nitrogens is 2. The summed E-state index contributed by atoms with van der Waals surface area (Å²) in [5.41, 5.74) is 9.40. The highest BCUT2D eigenvalue weighted by molar-refractivity contribution is 9.10. The van der Waals surface area contributed by atoms with Crippen molar-refractivity contribution >= 4 is 32.9 Å². The maximum absolute atomic E-state index is 6.09. The second-order valence-electron chi connectivity index (χ2n) is 5.01. The molecule has 0 aliphatic carbocycles. The first-order valence-corrected chi connectivity index (χ1v) is 7.41. The van der Waals surface area contributed by atoms with Crippen LogP contribution in [-0.4, -0.2) is 9.55 Å². The zero-order valence-electron chi connectivity index (χ0n) is 11.3. The van der Waals surface area contributed by atoms with Crippen LogP contribution >= 0.6 is 15.9 Å². The van der Waals surface area contributed by atoms with Crippen molar-refractivity contribution in [2.75, 3.05) is 5.73 Å². The molecule has 0 aliphatic rings. The van der Waals surface area contributed by atoms with E-state index in [0.29, 0.717) is 5.95 Å². The number of halogens is 1. The average molecular weight is 330 g/mol. The van der Waals surface area contributed by atoms with Crippen molar-refractivity contribution < 1.29 is 0 Å². The van der Waals surface area contributed by atoms with Crippen LogP contribution in [0.1, 0.15) is 18.5 Å². The van der Waals surface area contributed by atoms with Crippen molar-refractivity contribution in [2.45, 2.75) is 19.4 Å². The van der Waals surface area contributed by atoms with E-state index in [1.165, 1.54) is 5.56 Å². The van der Waals surface area contributed by atoms with Crippen molar-refractivity contribution in [3.05, 3.63) is 58.6 Å². The van der Waals surface area contributed by atoms with Gasteiger partial charge in [-0.05, 0) is 37.1 Å². The molecule has 3 rings (SSSR count). The summed E-state index contributed by atoms with van der Waals surface area (Å²) in [5.74, 6) is 0.571. The van der Waals surface area contributed by atoms with Crippen LogP contribution in [0.2, 0.25) is 0 Å². The molecular weight excluding hydrogens is 314 g/mol. The minimum absolute atomic E-state index is 0.267. The number of nitrogens with two attached hydrogens (primary N) is 1. The SMILES string of the molecule is CC(Cc1ccccc1)n1c(N)nc2cc(Br)ccc21. The molecule has 0 aliphatic heterocycles. The molecule has 0 saturated carbocycles.